The number of ether oxygens (including phenoxy) is 1. The molecule has 0 heterocycles. The highest BCUT2D eigenvalue weighted by Gasteiger charge is 2.00. The number of para-hydroxylation sites is 1. The van der Waals surface area contributed by atoms with Crippen LogP contribution in [0.2, 0.25) is 0 Å². The third-order valence-electron chi connectivity index (χ3n) is 1.81. The van der Waals surface area contributed by atoms with E-state index in [2.05, 4.69) is 6.92 Å². The van der Waals surface area contributed by atoms with Crippen LogP contribution in [0.1, 0.15) is 18.9 Å². The van der Waals surface area contributed by atoms with Crippen molar-refractivity contribution >= 4 is 0 Å². The van der Waals surface area contributed by atoms with Crippen LogP contribution >= 0.6 is 0 Å². The summed E-state index contributed by atoms with van der Waals surface area (Å²) in [5, 5.41) is 10.5. The molecule has 0 aliphatic rings. The molecule has 0 aliphatic carbocycles. The van der Waals surface area contributed by atoms with Gasteiger partial charge in [0.1, 0.15) is 5.75 Å². The summed E-state index contributed by atoms with van der Waals surface area (Å²) in [4.78, 5) is 0. The Kier molecular flexibility index (Phi) is 4.33. The summed E-state index contributed by atoms with van der Waals surface area (Å²) < 4.78 is 5.50. The van der Waals surface area contributed by atoms with Gasteiger partial charge in [0.2, 0.25) is 0 Å². The topological polar surface area (TPSA) is 29.1 Å². The molecule has 0 N–H and O–H groups in total. The van der Waals surface area contributed by atoms with Gasteiger partial charge in [-0.15, -0.1) is 0 Å². The average Bonchev–Trinajstić information content (AvgIpc) is 2.17. The van der Waals surface area contributed by atoms with E-state index in [1.54, 1.807) is 0 Å². The number of rotatable bonds is 5. The minimum absolute atomic E-state index is 0.0769. The highest BCUT2D eigenvalue weighted by Crippen LogP contribution is 2.18. The molecule has 0 amide bonds. The molecule has 1 radical (unpaired) electrons. The van der Waals surface area contributed by atoms with Gasteiger partial charge in [-0.3, -0.25) is 0 Å². The zero-order valence-electron chi connectivity index (χ0n) is 7.95. The Hall–Kier alpha value is -1.02. The second-order valence-electron chi connectivity index (χ2n) is 2.91. The third kappa shape index (κ3) is 3.07. The van der Waals surface area contributed by atoms with Crippen LogP contribution in [-0.2, 0) is 11.5 Å². The highest BCUT2D eigenvalue weighted by molar-refractivity contribution is 5.33. The van der Waals surface area contributed by atoms with Crippen LogP contribution in [0.3, 0.4) is 0 Å². The molecule has 0 spiro atoms. The Bertz CT molecular complexity index is 246. The predicted octanol–water partition coefficient (Wildman–Crippen LogP) is 2.45. The molecule has 71 valence electrons. The van der Waals surface area contributed by atoms with Crippen molar-refractivity contribution in [3.63, 3.8) is 0 Å². The van der Waals surface area contributed by atoms with Crippen LogP contribution in [-0.4, -0.2) is 13.2 Å². The molecule has 0 aromatic heterocycles. The number of benzene rings is 1. The second-order valence-corrected chi connectivity index (χ2v) is 2.91. The van der Waals surface area contributed by atoms with E-state index in [1.807, 2.05) is 24.3 Å². The minimum atomic E-state index is -0.0769. The highest BCUT2D eigenvalue weighted by atomic mass is 16.5. The molecule has 0 saturated heterocycles. The molecule has 0 unspecified atom stereocenters. The van der Waals surface area contributed by atoms with Crippen molar-refractivity contribution in [2.45, 2.75) is 19.8 Å². The predicted molar refractivity (Wildman–Crippen MR) is 51.5 cm³/mol. The molecular weight excluding hydrogens is 164 g/mol. The lowest BCUT2D eigenvalue weighted by Crippen LogP contribution is -1.99. The summed E-state index contributed by atoms with van der Waals surface area (Å²) >= 11 is 0. The lowest BCUT2D eigenvalue weighted by molar-refractivity contribution is 0.195. The molecule has 1 rings (SSSR count). The van der Waals surface area contributed by atoms with Crippen molar-refractivity contribution < 1.29 is 9.84 Å². The van der Waals surface area contributed by atoms with Crippen LogP contribution < -0.4 is 4.74 Å². The zero-order chi connectivity index (χ0) is 9.52. The molecule has 0 atom stereocenters. The molecule has 0 bridgehead atoms. The maximum absolute atomic E-state index is 10.5. The fraction of sp³-hybridized carbons (Fsp3) is 0.455. The Balaban J connectivity index is 2.66. The van der Waals surface area contributed by atoms with Gasteiger partial charge in [0.15, 0.2) is 0 Å². The van der Waals surface area contributed by atoms with Crippen molar-refractivity contribution in [1.82, 2.24) is 0 Å². The lowest BCUT2D eigenvalue weighted by atomic mass is 10.1. The number of hydrogen-bond acceptors (Lipinski definition) is 1. The summed E-state index contributed by atoms with van der Waals surface area (Å²) in [6.45, 7) is 2.71. The van der Waals surface area contributed by atoms with Crippen LogP contribution in [0.15, 0.2) is 24.3 Å². The molecule has 0 fully saturated rings. The maximum atomic E-state index is 10.5. The van der Waals surface area contributed by atoms with Crippen molar-refractivity contribution in [3.05, 3.63) is 29.8 Å². The standard InChI is InChI=1S/C11H15O2/c1-2-9-13-11-6-4-3-5-10(11)7-8-12/h3-6H,2,7-9H2,1H3. The summed E-state index contributed by atoms with van der Waals surface area (Å²) in [5.41, 5.74) is 1.02. The molecule has 0 saturated carbocycles. The van der Waals surface area contributed by atoms with E-state index >= 15 is 0 Å². The Morgan fingerprint density at radius 1 is 1.31 bits per heavy atom. The van der Waals surface area contributed by atoms with Gasteiger partial charge in [-0.25, -0.2) is 5.11 Å². The molecule has 2 nitrogen and oxygen atoms in total. The second kappa shape index (κ2) is 5.60. The van der Waals surface area contributed by atoms with Crippen molar-refractivity contribution in [3.8, 4) is 5.75 Å². The van der Waals surface area contributed by atoms with E-state index in [4.69, 9.17) is 4.74 Å². The Morgan fingerprint density at radius 3 is 2.77 bits per heavy atom. The lowest BCUT2D eigenvalue weighted by Gasteiger charge is -2.08. The number of hydrogen-bond donors (Lipinski definition) is 0. The molecule has 2 heteroatoms. The zero-order valence-corrected chi connectivity index (χ0v) is 7.95. The normalized spacial score (nSPS) is 10.0. The van der Waals surface area contributed by atoms with Crippen LogP contribution in [0, 0.1) is 0 Å². The average molecular weight is 179 g/mol. The van der Waals surface area contributed by atoms with E-state index in [1.165, 1.54) is 0 Å². The summed E-state index contributed by atoms with van der Waals surface area (Å²) in [5.74, 6) is 0.861. The first kappa shape index (κ1) is 10.1. The first-order valence-electron chi connectivity index (χ1n) is 4.67. The third-order valence-corrected chi connectivity index (χ3v) is 1.81. The van der Waals surface area contributed by atoms with E-state index < -0.39 is 0 Å². The van der Waals surface area contributed by atoms with Gasteiger partial charge in [0.05, 0.1) is 13.2 Å². The van der Waals surface area contributed by atoms with Gasteiger partial charge < -0.3 is 4.74 Å². The first-order valence-corrected chi connectivity index (χ1v) is 4.67. The van der Waals surface area contributed by atoms with Crippen molar-refractivity contribution in [1.29, 1.82) is 0 Å². The van der Waals surface area contributed by atoms with Gasteiger partial charge in [0, 0.05) is 6.42 Å². The first-order chi connectivity index (χ1) is 6.38. The molecular formula is C11H15O2. The van der Waals surface area contributed by atoms with Gasteiger partial charge in [-0.2, -0.15) is 0 Å². The quantitative estimate of drug-likeness (QED) is 0.682. The molecule has 13 heavy (non-hydrogen) atoms. The fourth-order valence-corrected chi connectivity index (χ4v) is 1.17. The van der Waals surface area contributed by atoms with Crippen LogP contribution in [0.25, 0.3) is 0 Å². The van der Waals surface area contributed by atoms with Gasteiger partial charge in [-0.05, 0) is 18.1 Å². The largest absolute Gasteiger partial charge is 0.493 e. The summed E-state index contributed by atoms with van der Waals surface area (Å²) in [6.07, 6.45) is 1.55. The smallest absolute Gasteiger partial charge is 0.122 e. The molecule has 0 aliphatic heterocycles. The molecule has 1 aromatic rings. The minimum Gasteiger partial charge on any atom is -0.493 e. The summed E-state index contributed by atoms with van der Waals surface area (Å²) in [7, 11) is 0. The van der Waals surface area contributed by atoms with Crippen molar-refractivity contribution in [2.75, 3.05) is 13.2 Å². The Morgan fingerprint density at radius 2 is 2.08 bits per heavy atom. The monoisotopic (exact) mass is 179 g/mol. The van der Waals surface area contributed by atoms with Crippen LogP contribution in [0.5, 0.6) is 5.75 Å². The van der Waals surface area contributed by atoms with Crippen molar-refractivity contribution in [2.24, 2.45) is 0 Å². The fourth-order valence-electron chi connectivity index (χ4n) is 1.17. The van der Waals surface area contributed by atoms with E-state index in [9.17, 15) is 5.11 Å². The molecule has 1 aromatic carbocycles. The Labute approximate surface area is 79.2 Å². The van der Waals surface area contributed by atoms with Gasteiger partial charge in [0.25, 0.3) is 0 Å². The van der Waals surface area contributed by atoms with Crippen LogP contribution in [0.4, 0.5) is 0 Å². The van der Waals surface area contributed by atoms with Gasteiger partial charge >= 0.3 is 0 Å². The van der Waals surface area contributed by atoms with E-state index in [0.29, 0.717) is 6.42 Å². The van der Waals surface area contributed by atoms with E-state index in [-0.39, 0.29) is 6.61 Å². The summed E-state index contributed by atoms with van der Waals surface area (Å²) in [6, 6.07) is 7.73. The van der Waals surface area contributed by atoms with Gasteiger partial charge in [-0.1, -0.05) is 25.1 Å². The maximum Gasteiger partial charge on any atom is 0.122 e. The SMILES string of the molecule is CCCOc1ccccc1CC[O]. The van der Waals surface area contributed by atoms with E-state index in [0.717, 1.165) is 24.3 Å².